The second kappa shape index (κ2) is 5.15. The van der Waals surface area contributed by atoms with Crippen LogP contribution in [0, 0.1) is 0 Å². The molecule has 4 heteroatoms. The van der Waals surface area contributed by atoms with Gasteiger partial charge in [0.2, 0.25) is 0 Å². The standard InChI is InChI=1S/C12H20N2OS/c1-16(15)9-3-7-14-8-6-10-11(13)4-2-5-12(10)14/h6,8,11H,2-5,7,9,13H2,1H3. The van der Waals surface area contributed by atoms with Crippen LogP contribution >= 0.6 is 0 Å². The van der Waals surface area contributed by atoms with E-state index in [4.69, 9.17) is 5.73 Å². The van der Waals surface area contributed by atoms with Gasteiger partial charge in [-0.15, -0.1) is 0 Å². The van der Waals surface area contributed by atoms with Gasteiger partial charge >= 0.3 is 0 Å². The van der Waals surface area contributed by atoms with E-state index in [1.807, 2.05) is 0 Å². The molecule has 0 spiro atoms. The quantitative estimate of drug-likeness (QED) is 0.869. The maximum atomic E-state index is 11.0. The van der Waals surface area contributed by atoms with Crippen molar-refractivity contribution in [2.24, 2.45) is 5.73 Å². The van der Waals surface area contributed by atoms with Crippen LogP contribution < -0.4 is 5.73 Å². The lowest BCUT2D eigenvalue weighted by molar-refractivity contribution is 0.536. The molecule has 90 valence electrons. The summed E-state index contributed by atoms with van der Waals surface area (Å²) in [5, 5.41) is 0. The lowest BCUT2D eigenvalue weighted by Crippen LogP contribution is -2.18. The van der Waals surface area contributed by atoms with Crippen LogP contribution in [-0.2, 0) is 23.8 Å². The van der Waals surface area contributed by atoms with Gasteiger partial charge in [-0.3, -0.25) is 4.21 Å². The Balaban J connectivity index is 2.02. The molecule has 2 rings (SSSR count). The third-order valence-corrected chi connectivity index (χ3v) is 4.14. The zero-order chi connectivity index (χ0) is 11.5. The highest BCUT2D eigenvalue weighted by Gasteiger charge is 2.19. The van der Waals surface area contributed by atoms with Crippen LogP contribution in [0.4, 0.5) is 0 Å². The third kappa shape index (κ3) is 2.55. The van der Waals surface area contributed by atoms with Crippen molar-refractivity contribution in [1.82, 2.24) is 4.57 Å². The zero-order valence-corrected chi connectivity index (χ0v) is 10.6. The normalized spacial score (nSPS) is 21.8. The largest absolute Gasteiger partial charge is 0.351 e. The minimum absolute atomic E-state index is 0.227. The Hall–Kier alpha value is -0.610. The Labute approximate surface area is 99.5 Å². The maximum Gasteiger partial charge on any atom is 0.0312 e. The molecule has 1 aromatic rings. The summed E-state index contributed by atoms with van der Waals surface area (Å²) in [6, 6.07) is 2.38. The fourth-order valence-corrected chi connectivity index (χ4v) is 2.98. The minimum Gasteiger partial charge on any atom is -0.351 e. The third-order valence-electron chi connectivity index (χ3n) is 3.27. The summed E-state index contributed by atoms with van der Waals surface area (Å²) >= 11 is 0. The van der Waals surface area contributed by atoms with Crippen LogP contribution in [0.2, 0.25) is 0 Å². The molecular weight excluding hydrogens is 220 g/mol. The lowest BCUT2D eigenvalue weighted by atomic mass is 9.94. The average Bonchev–Trinajstić information content (AvgIpc) is 2.63. The van der Waals surface area contributed by atoms with Crippen molar-refractivity contribution < 1.29 is 4.21 Å². The van der Waals surface area contributed by atoms with Crippen molar-refractivity contribution in [3.05, 3.63) is 23.5 Å². The molecule has 0 saturated carbocycles. The molecule has 16 heavy (non-hydrogen) atoms. The summed E-state index contributed by atoms with van der Waals surface area (Å²) in [6.07, 6.45) is 8.33. The molecule has 0 aromatic carbocycles. The highest BCUT2D eigenvalue weighted by molar-refractivity contribution is 7.84. The van der Waals surface area contributed by atoms with E-state index in [-0.39, 0.29) is 6.04 Å². The molecule has 1 aliphatic carbocycles. The van der Waals surface area contributed by atoms with E-state index >= 15 is 0 Å². The van der Waals surface area contributed by atoms with Crippen LogP contribution in [0.1, 0.15) is 36.6 Å². The first-order valence-electron chi connectivity index (χ1n) is 5.92. The Bertz CT molecular complexity index is 386. The predicted molar refractivity (Wildman–Crippen MR) is 67.8 cm³/mol. The van der Waals surface area contributed by atoms with Gasteiger partial charge in [0, 0.05) is 47.3 Å². The molecule has 0 amide bonds. The van der Waals surface area contributed by atoms with Crippen LogP contribution in [0.3, 0.4) is 0 Å². The van der Waals surface area contributed by atoms with E-state index in [0.29, 0.717) is 0 Å². The van der Waals surface area contributed by atoms with Crippen molar-refractivity contribution in [3.63, 3.8) is 0 Å². The second-order valence-corrected chi connectivity index (χ2v) is 6.10. The number of hydrogen-bond donors (Lipinski definition) is 1. The van der Waals surface area contributed by atoms with E-state index in [1.165, 1.54) is 17.7 Å². The van der Waals surface area contributed by atoms with Crippen molar-refractivity contribution in [2.45, 2.75) is 38.3 Å². The second-order valence-electron chi connectivity index (χ2n) is 4.54. The number of aromatic nitrogens is 1. The summed E-state index contributed by atoms with van der Waals surface area (Å²) in [5.41, 5.74) is 8.80. The Morgan fingerprint density at radius 3 is 3.19 bits per heavy atom. The predicted octanol–water partition coefficient (Wildman–Crippen LogP) is 1.59. The fraction of sp³-hybridized carbons (Fsp3) is 0.667. The number of aryl methyl sites for hydroxylation is 1. The smallest absolute Gasteiger partial charge is 0.0312 e. The van der Waals surface area contributed by atoms with E-state index < -0.39 is 10.8 Å². The molecule has 0 radical (unpaired) electrons. The first-order chi connectivity index (χ1) is 7.68. The molecule has 1 heterocycles. The van der Waals surface area contributed by atoms with E-state index in [2.05, 4.69) is 16.8 Å². The SMILES string of the molecule is CS(=O)CCCn1ccc2c1CCCC2N. The minimum atomic E-state index is -0.674. The summed E-state index contributed by atoms with van der Waals surface area (Å²) in [6.45, 7) is 0.974. The highest BCUT2D eigenvalue weighted by Crippen LogP contribution is 2.28. The monoisotopic (exact) mass is 240 g/mol. The Kier molecular flexibility index (Phi) is 3.82. The number of nitrogens with zero attached hydrogens (tertiary/aromatic N) is 1. The van der Waals surface area contributed by atoms with E-state index in [0.717, 1.165) is 31.6 Å². The molecule has 2 unspecified atom stereocenters. The molecule has 0 aliphatic heterocycles. The number of fused-ring (bicyclic) bond motifs is 1. The summed E-state index contributed by atoms with van der Waals surface area (Å²) < 4.78 is 13.3. The van der Waals surface area contributed by atoms with Gasteiger partial charge in [0.25, 0.3) is 0 Å². The van der Waals surface area contributed by atoms with Crippen LogP contribution in [0.15, 0.2) is 12.3 Å². The van der Waals surface area contributed by atoms with Crippen molar-refractivity contribution in [1.29, 1.82) is 0 Å². The molecule has 2 atom stereocenters. The van der Waals surface area contributed by atoms with Gasteiger partial charge in [-0.2, -0.15) is 0 Å². The lowest BCUT2D eigenvalue weighted by Gasteiger charge is -2.20. The number of hydrogen-bond acceptors (Lipinski definition) is 2. The van der Waals surface area contributed by atoms with Crippen molar-refractivity contribution >= 4 is 10.8 Å². The van der Waals surface area contributed by atoms with E-state index in [9.17, 15) is 4.21 Å². The van der Waals surface area contributed by atoms with Crippen LogP contribution in [-0.4, -0.2) is 20.8 Å². The van der Waals surface area contributed by atoms with Crippen LogP contribution in [0.5, 0.6) is 0 Å². The Morgan fingerprint density at radius 2 is 2.44 bits per heavy atom. The fourth-order valence-electron chi connectivity index (χ4n) is 2.44. The molecular formula is C12H20N2OS. The molecule has 0 saturated heterocycles. The van der Waals surface area contributed by atoms with Gasteiger partial charge in [-0.1, -0.05) is 0 Å². The molecule has 0 bridgehead atoms. The molecule has 2 N–H and O–H groups in total. The number of rotatable bonds is 4. The van der Waals surface area contributed by atoms with Gasteiger partial charge in [0.05, 0.1) is 0 Å². The topological polar surface area (TPSA) is 48.0 Å². The maximum absolute atomic E-state index is 11.0. The average molecular weight is 240 g/mol. The zero-order valence-electron chi connectivity index (χ0n) is 9.82. The van der Waals surface area contributed by atoms with E-state index in [1.54, 1.807) is 6.26 Å². The van der Waals surface area contributed by atoms with Gasteiger partial charge in [-0.25, -0.2) is 0 Å². The summed E-state index contributed by atoms with van der Waals surface area (Å²) in [4.78, 5) is 0. The first-order valence-corrected chi connectivity index (χ1v) is 7.64. The van der Waals surface area contributed by atoms with Gasteiger partial charge in [0.15, 0.2) is 0 Å². The van der Waals surface area contributed by atoms with Gasteiger partial charge in [0.1, 0.15) is 0 Å². The molecule has 1 aliphatic rings. The molecule has 0 fully saturated rings. The molecule has 1 aromatic heterocycles. The Morgan fingerprint density at radius 1 is 1.62 bits per heavy atom. The van der Waals surface area contributed by atoms with Crippen LogP contribution in [0.25, 0.3) is 0 Å². The van der Waals surface area contributed by atoms with Crippen molar-refractivity contribution in [3.8, 4) is 0 Å². The van der Waals surface area contributed by atoms with Crippen molar-refractivity contribution in [2.75, 3.05) is 12.0 Å². The number of nitrogens with two attached hydrogens (primary N) is 1. The summed E-state index contributed by atoms with van der Waals surface area (Å²) in [5.74, 6) is 0.791. The van der Waals surface area contributed by atoms with Gasteiger partial charge < -0.3 is 10.3 Å². The van der Waals surface area contributed by atoms with Gasteiger partial charge in [-0.05, 0) is 37.3 Å². The first kappa shape index (κ1) is 11.9. The molecule has 3 nitrogen and oxygen atoms in total. The summed E-state index contributed by atoms with van der Waals surface area (Å²) in [7, 11) is -0.674. The highest BCUT2D eigenvalue weighted by atomic mass is 32.2.